The lowest BCUT2D eigenvalue weighted by Crippen LogP contribution is -2.14. The summed E-state index contributed by atoms with van der Waals surface area (Å²) in [6.45, 7) is 2.04. The van der Waals surface area contributed by atoms with Crippen molar-refractivity contribution in [3.63, 3.8) is 0 Å². The molecule has 0 saturated heterocycles. The zero-order valence-electron chi connectivity index (χ0n) is 55.4. The van der Waals surface area contributed by atoms with Crippen LogP contribution in [0.5, 0.6) is 11.5 Å². The molecule has 0 aliphatic heterocycles. The molecular weight excluding hydrogens is 1570 g/mol. The zero-order chi connectivity index (χ0) is 75.8. The number of aliphatic hydroxyl groups excluding tert-OH is 1. The van der Waals surface area contributed by atoms with Crippen LogP contribution in [-0.2, 0) is 23.8 Å². The van der Waals surface area contributed by atoms with Gasteiger partial charge in [-0.15, -0.1) is 0 Å². The van der Waals surface area contributed by atoms with Crippen molar-refractivity contribution in [3.8, 4) is 11.5 Å². The number of rotatable bonds is 18. The quantitative estimate of drug-likeness (QED) is 0.0268. The Kier molecular flexibility index (Phi) is 39.9. The number of para-hydroxylation sites is 2. The largest absolute Gasteiger partial charge is 0.525 e. The standard InChI is InChI=1S/C13H10Cl2N4.C13H12Cl2N2.C13H11Cl2NO.C13H9Cl2N.C12H10N3O3P.C7H4Cl2O.C6H7N.CH4/c14-11-3-1-2-10(13(11)15)12(18-19-16)8-9-4-6-17-7-5-9;14-11-3-1-2-10(13(11)15)12(16)8-9-4-6-17-7-5-9;14-11-3-1-2-10(13(11)15)12(17)8-9-4-6-16-7-5-9;14-12-3-1-2-11(13(12)15)5-4-10-6-8-16-9-7-10;13-14-15-19(16,17-11-7-3-1-4-8-11)18-12-9-5-2-6-10-12;8-6-3-1-2-5(4-10)7(6)9;1-6-2-4-7-5-3-6;/h1-7,12H,8H2;1-7,12H,8,16H2;1-7,12,17H,8H2;1-9H;1-10H;1-4H;2-5H,1H3;1H4. The predicted molar refractivity (Wildman–Crippen MR) is 435 cm³/mol. The molecule has 0 aliphatic carbocycles. The smallest absolute Gasteiger partial charge is 0.411 e. The van der Waals surface area contributed by atoms with Crippen molar-refractivity contribution in [3.05, 3.63) is 401 Å². The monoisotopic (exact) mass is 1630 g/mol. The van der Waals surface area contributed by atoms with Crippen LogP contribution in [0.4, 0.5) is 0 Å². The molecule has 12 aromatic rings. The van der Waals surface area contributed by atoms with Gasteiger partial charge in [0.2, 0.25) is 0 Å². The summed E-state index contributed by atoms with van der Waals surface area (Å²) in [7, 11) is -3.95. The molecule has 0 amide bonds. The van der Waals surface area contributed by atoms with Crippen LogP contribution in [0.2, 0.25) is 50.2 Å². The fraction of sp³-hybridized carbons (Fsp3) is 0.103. The molecule has 28 heteroatoms. The molecule has 0 spiro atoms. The van der Waals surface area contributed by atoms with Crippen molar-refractivity contribution >= 4 is 142 Å². The van der Waals surface area contributed by atoms with E-state index in [0.717, 1.165) is 38.9 Å². The topological polar surface area (TPSA) is 261 Å². The van der Waals surface area contributed by atoms with E-state index < -0.39 is 19.9 Å². The van der Waals surface area contributed by atoms with Crippen LogP contribution in [0.1, 0.15) is 86.0 Å². The first-order valence-corrected chi connectivity index (χ1v) is 36.4. The van der Waals surface area contributed by atoms with Crippen LogP contribution in [-0.4, -0.2) is 36.3 Å². The van der Waals surface area contributed by atoms with Gasteiger partial charge in [-0.25, -0.2) is 4.57 Å². The predicted octanol–water partition coefficient (Wildman–Crippen LogP) is 26.2. The molecule has 0 aliphatic rings. The van der Waals surface area contributed by atoms with Gasteiger partial charge in [0.15, 0.2) is 6.29 Å². The summed E-state index contributed by atoms with van der Waals surface area (Å²) in [6, 6.07) is 61.9. The number of azide groups is 2. The maximum Gasteiger partial charge on any atom is 0.525 e. The van der Waals surface area contributed by atoms with Crippen LogP contribution in [0.3, 0.4) is 0 Å². The Balaban J connectivity index is 0.000000225. The summed E-state index contributed by atoms with van der Waals surface area (Å²) < 4.78 is 22.6. The summed E-state index contributed by atoms with van der Waals surface area (Å²) in [5.41, 5.74) is 32.4. The highest BCUT2D eigenvalue weighted by Gasteiger charge is 2.27. The highest BCUT2D eigenvalue weighted by Crippen LogP contribution is 2.50. The van der Waals surface area contributed by atoms with Crippen LogP contribution < -0.4 is 14.8 Å². The second-order valence-electron chi connectivity index (χ2n) is 21.4. The first-order chi connectivity index (χ1) is 50.7. The number of carbonyl (C=O) groups excluding carboxylic acids is 1. The van der Waals surface area contributed by atoms with E-state index >= 15 is 0 Å². The van der Waals surface area contributed by atoms with Crippen molar-refractivity contribution in [1.82, 2.24) is 24.9 Å². The number of pyridine rings is 5. The molecule has 3 atom stereocenters. The Morgan fingerprint density at radius 1 is 0.443 bits per heavy atom. The lowest BCUT2D eigenvalue weighted by Gasteiger charge is -2.14. The van der Waals surface area contributed by atoms with Gasteiger partial charge in [0.25, 0.3) is 0 Å². The van der Waals surface area contributed by atoms with E-state index in [9.17, 15) is 14.5 Å². The first-order valence-electron chi connectivity index (χ1n) is 31.1. The first kappa shape index (κ1) is 87.6. The number of halogens is 10. The van der Waals surface area contributed by atoms with Crippen molar-refractivity contribution in [2.24, 2.45) is 15.7 Å². The van der Waals surface area contributed by atoms with Gasteiger partial charge in [0, 0.05) is 100 Å². The van der Waals surface area contributed by atoms with E-state index in [1.807, 2.05) is 110 Å². The van der Waals surface area contributed by atoms with E-state index in [1.165, 1.54) is 5.56 Å². The molecule has 17 nitrogen and oxygen atoms in total. The summed E-state index contributed by atoms with van der Waals surface area (Å²) in [6.07, 6.45) is 23.0. The number of carbonyl (C=O) groups is 1. The van der Waals surface area contributed by atoms with E-state index in [-0.39, 0.29) is 13.5 Å². The Morgan fingerprint density at radius 2 is 0.811 bits per heavy atom. The summed E-state index contributed by atoms with van der Waals surface area (Å²) in [5.74, 6) is 0.600. The fourth-order valence-corrected chi connectivity index (χ4v) is 11.8. The molecule has 0 saturated carbocycles. The molecule has 3 unspecified atom stereocenters. The Labute approximate surface area is 665 Å². The van der Waals surface area contributed by atoms with Gasteiger partial charge in [-0.2, -0.15) is 0 Å². The molecule has 5 aromatic heterocycles. The SMILES string of the molecule is C.Cc1ccncc1.Clc1cccc(C=Cc2ccncc2)c1Cl.NC(Cc1ccncc1)c1cccc(Cl)c1Cl.O=Cc1cccc(Cl)c1Cl.OC(Cc1ccncc1)c1cccc(Cl)c1Cl.[N-]=[N+]=NC(Cc1ccncc1)c1cccc(Cl)c1Cl.[N-]=[N+]=NP(=O)(Oc1ccccc1)Oc1ccccc1. The average Bonchev–Trinajstić information content (AvgIpc) is 1.47. The van der Waals surface area contributed by atoms with Gasteiger partial charge in [0.1, 0.15) is 11.5 Å². The number of aromatic nitrogens is 5. The highest BCUT2D eigenvalue weighted by atomic mass is 35.5. The lowest BCUT2D eigenvalue weighted by atomic mass is 10.0. The normalized spacial score (nSPS) is 11.0. The third-order valence-corrected chi connectivity index (χ3v) is 19.3. The Morgan fingerprint density at radius 3 is 1.24 bits per heavy atom. The van der Waals surface area contributed by atoms with Crippen molar-refractivity contribution in [2.75, 3.05) is 0 Å². The maximum atomic E-state index is 12.3. The fourth-order valence-electron chi connectivity index (χ4n) is 8.80. The molecule has 544 valence electrons. The number of hydrogen-bond acceptors (Lipinski definition) is 12. The van der Waals surface area contributed by atoms with Crippen LogP contribution >= 0.6 is 124 Å². The number of hydrogen-bond donors (Lipinski definition) is 2. The van der Waals surface area contributed by atoms with Gasteiger partial charge in [-0.3, -0.25) is 29.7 Å². The number of aldehydes is 1. The second-order valence-corrected chi connectivity index (χ2v) is 26.9. The molecule has 0 bridgehead atoms. The number of nitrogens with two attached hydrogens (primary N) is 1. The molecule has 0 fully saturated rings. The third kappa shape index (κ3) is 30.8. The molecule has 0 radical (unpaired) electrons. The van der Waals surface area contributed by atoms with Crippen molar-refractivity contribution in [2.45, 2.75) is 51.8 Å². The number of aliphatic hydroxyl groups is 1. The third-order valence-electron chi connectivity index (χ3n) is 14.0. The Bertz CT molecular complexity index is 4670. The molecule has 7 aromatic carbocycles. The molecule has 12 rings (SSSR count). The van der Waals surface area contributed by atoms with Gasteiger partial charge >= 0.3 is 7.75 Å². The average molecular weight is 1640 g/mol. The van der Waals surface area contributed by atoms with Crippen LogP contribution in [0.15, 0.2) is 284 Å². The number of nitrogens with zero attached hydrogens (tertiary/aromatic N) is 11. The van der Waals surface area contributed by atoms with Crippen molar-refractivity contribution < 1.29 is 23.5 Å². The van der Waals surface area contributed by atoms with Gasteiger partial charge in [-0.05, 0) is 191 Å². The minimum Gasteiger partial charge on any atom is -0.411 e. The Hall–Kier alpha value is -9.03. The highest BCUT2D eigenvalue weighted by molar-refractivity contribution is 7.53. The van der Waals surface area contributed by atoms with Gasteiger partial charge < -0.3 is 19.9 Å². The van der Waals surface area contributed by atoms with E-state index in [4.69, 9.17) is 142 Å². The summed E-state index contributed by atoms with van der Waals surface area (Å²) in [4.78, 5) is 38.4. The molecule has 3 N–H and O–H groups in total. The van der Waals surface area contributed by atoms with Crippen molar-refractivity contribution in [1.29, 1.82) is 0 Å². The summed E-state index contributed by atoms with van der Waals surface area (Å²) >= 11 is 59.4. The number of aryl methyl sites for hydroxylation is 1. The molecular formula is C78H67Cl10N12O5P. The van der Waals surface area contributed by atoms with E-state index in [2.05, 4.69) is 44.7 Å². The van der Waals surface area contributed by atoms with E-state index in [1.54, 1.807) is 183 Å². The number of benzene rings is 7. The second kappa shape index (κ2) is 48.2. The lowest BCUT2D eigenvalue weighted by molar-refractivity contribution is 0.112. The summed E-state index contributed by atoms with van der Waals surface area (Å²) in [5, 5.41) is 18.6. The van der Waals surface area contributed by atoms with E-state index in [0.29, 0.717) is 98.4 Å². The van der Waals surface area contributed by atoms with Gasteiger partial charge in [-0.1, -0.05) is 238 Å². The molecule has 5 heterocycles. The minimum atomic E-state index is -3.95. The maximum absolute atomic E-state index is 12.3. The zero-order valence-corrected chi connectivity index (χ0v) is 63.8. The van der Waals surface area contributed by atoms with Gasteiger partial charge in [0.05, 0.1) is 62.4 Å². The minimum absolute atomic E-state index is 0. The molecule has 106 heavy (non-hydrogen) atoms. The van der Waals surface area contributed by atoms with Crippen LogP contribution in [0.25, 0.3) is 33.0 Å². The van der Waals surface area contributed by atoms with Crippen LogP contribution in [0, 0.1) is 6.92 Å².